The highest BCUT2D eigenvalue weighted by atomic mass is 32.2. The minimum atomic E-state index is -3.52. The Hall–Kier alpha value is -2.09. The summed E-state index contributed by atoms with van der Waals surface area (Å²) in [5.74, 6) is -0.0768. The number of nitrogens with zero attached hydrogens (tertiary/aromatic N) is 3. The molecule has 2 heterocycles. The fourth-order valence-electron chi connectivity index (χ4n) is 2.86. The maximum Gasteiger partial charge on any atom is 0.243 e. The van der Waals surface area contributed by atoms with Crippen molar-refractivity contribution in [1.82, 2.24) is 14.2 Å². The van der Waals surface area contributed by atoms with Crippen LogP contribution >= 0.6 is 0 Å². The van der Waals surface area contributed by atoms with Crippen LogP contribution in [-0.2, 0) is 16.6 Å². The molecule has 0 bridgehead atoms. The van der Waals surface area contributed by atoms with Gasteiger partial charge in [-0.15, -0.1) is 0 Å². The maximum absolute atomic E-state index is 12.7. The summed E-state index contributed by atoms with van der Waals surface area (Å²) in [6.07, 6.45) is 1.76. The van der Waals surface area contributed by atoms with Crippen molar-refractivity contribution < 1.29 is 13.2 Å². The van der Waals surface area contributed by atoms with Crippen molar-refractivity contribution in [3.05, 3.63) is 59.9 Å². The molecule has 7 heteroatoms. The molecule has 0 atom stereocenters. The lowest BCUT2D eigenvalue weighted by atomic mass is 10.2. The van der Waals surface area contributed by atoms with E-state index in [4.69, 9.17) is 0 Å². The number of hydrogen-bond donors (Lipinski definition) is 0. The van der Waals surface area contributed by atoms with Crippen LogP contribution in [0.2, 0.25) is 0 Å². The van der Waals surface area contributed by atoms with Crippen LogP contribution in [-0.4, -0.2) is 54.6 Å². The van der Waals surface area contributed by atoms with Gasteiger partial charge < -0.3 is 0 Å². The van der Waals surface area contributed by atoms with Crippen molar-refractivity contribution >= 4 is 15.8 Å². The van der Waals surface area contributed by atoms with Gasteiger partial charge in [0.1, 0.15) is 0 Å². The first kappa shape index (κ1) is 17.7. The molecule has 1 saturated heterocycles. The van der Waals surface area contributed by atoms with E-state index in [0.29, 0.717) is 31.7 Å². The summed E-state index contributed by atoms with van der Waals surface area (Å²) in [5, 5.41) is 0. The second-order valence-corrected chi connectivity index (χ2v) is 8.02. The van der Waals surface area contributed by atoms with Gasteiger partial charge in [-0.2, -0.15) is 4.31 Å². The highest BCUT2D eigenvalue weighted by Crippen LogP contribution is 2.19. The molecule has 0 aliphatic carbocycles. The van der Waals surface area contributed by atoms with Crippen LogP contribution in [0.3, 0.4) is 0 Å². The van der Waals surface area contributed by atoms with E-state index in [-0.39, 0.29) is 10.7 Å². The third-order valence-electron chi connectivity index (χ3n) is 4.34. The third kappa shape index (κ3) is 4.12. The molecule has 0 radical (unpaired) electrons. The van der Waals surface area contributed by atoms with Crippen molar-refractivity contribution in [3.8, 4) is 0 Å². The maximum atomic E-state index is 12.7. The van der Waals surface area contributed by atoms with Crippen molar-refractivity contribution in [3.63, 3.8) is 0 Å². The molecule has 0 amide bonds. The van der Waals surface area contributed by atoms with Gasteiger partial charge in [-0.3, -0.25) is 14.7 Å². The summed E-state index contributed by atoms with van der Waals surface area (Å²) in [6, 6.07) is 11.9. The van der Waals surface area contributed by atoms with Crippen LogP contribution in [0.15, 0.2) is 53.6 Å². The molecular weight excluding hydrogens is 338 g/mol. The molecule has 0 saturated carbocycles. The first-order valence-corrected chi connectivity index (χ1v) is 9.64. The first-order valence-electron chi connectivity index (χ1n) is 8.20. The molecule has 2 aromatic rings. The van der Waals surface area contributed by atoms with Gasteiger partial charge in [0.25, 0.3) is 0 Å². The first-order chi connectivity index (χ1) is 12.0. The summed E-state index contributed by atoms with van der Waals surface area (Å²) in [6.45, 7) is 4.42. The van der Waals surface area contributed by atoms with E-state index in [2.05, 4.69) is 9.88 Å². The number of piperazine rings is 1. The number of carbonyl (C=O) groups is 1. The summed E-state index contributed by atoms with van der Waals surface area (Å²) in [7, 11) is -3.52. The number of benzene rings is 1. The number of Topliss-reactive ketones (excluding diaryl/α,β-unsaturated/α-hetero) is 1. The number of carbonyl (C=O) groups excluding carboxylic acids is 1. The zero-order chi connectivity index (χ0) is 17.9. The molecule has 0 unspecified atom stereocenters. The molecule has 132 valence electrons. The quantitative estimate of drug-likeness (QED) is 0.761. The van der Waals surface area contributed by atoms with Gasteiger partial charge in [-0.1, -0.05) is 18.2 Å². The van der Waals surface area contributed by atoms with Crippen molar-refractivity contribution in [2.24, 2.45) is 0 Å². The van der Waals surface area contributed by atoms with Crippen LogP contribution < -0.4 is 0 Å². The topological polar surface area (TPSA) is 70.6 Å². The summed E-state index contributed by atoms with van der Waals surface area (Å²) >= 11 is 0. The van der Waals surface area contributed by atoms with E-state index in [1.54, 1.807) is 18.3 Å². The Balaban J connectivity index is 1.64. The average molecular weight is 359 g/mol. The fourth-order valence-corrected chi connectivity index (χ4v) is 4.28. The fraction of sp³-hybridized carbons (Fsp3) is 0.333. The van der Waals surface area contributed by atoms with Gasteiger partial charge in [0.15, 0.2) is 5.78 Å². The van der Waals surface area contributed by atoms with Gasteiger partial charge in [-0.25, -0.2) is 8.42 Å². The molecule has 1 aliphatic heterocycles. The Bertz CT molecular complexity index is 828. The normalized spacial score (nSPS) is 16.7. The van der Waals surface area contributed by atoms with Gasteiger partial charge in [0.2, 0.25) is 10.0 Å². The smallest absolute Gasteiger partial charge is 0.243 e. The monoisotopic (exact) mass is 359 g/mol. The molecule has 25 heavy (non-hydrogen) atoms. The van der Waals surface area contributed by atoms with E-state index in [9.17, 15) is 13.2 Å². The molecule has 1 fully saturated rings. The molecule has 0 spiro atoms. The van der Waals surface area contributed by atoms with E-state index in [0.717, 1.165) is 12.2 Å². The second kappa shape index (κ2) is 7.43. The molecule has 3 rings (SSSR count). The average Bonchev–Trinajstić information content (AvgIpc) is 2.63. The number of aromatic nitrogens is 1. The highest BCUT2D eigenvalue weighted by Gasteiger charge is 2.28. The third-order valence-corrected chi connectivity index (χ3v) is 6.25. The Morgan fingerprint density at radius 3 is 2.28 bits per heavy atom. The van der Waals surface area contributed by atoms with Gasteiger partial charge in [0, 0.05) is 44.5 Å². The zero-order valence-corrected chi connectivity index (χ0v) is 14.9. The zero-order valence-electron chi connectivity index (χ0n) is 14.1. The Morgan fingerprint density at radius 1 is 1.04 bits per heavy atom. The van der Waals surface area contributed by atoms with Crippen molar-refractivity contribution in [1.29, 1.82) is 0 Å². The lowest BCUT2D eigenvalue weighted by molar-refractivity contribution is 0.101. The Kier molecular flexibility index (Phi) is 5.27. The molecule has 1 aliphatic rings. The van der Waals surface area contributed by atoms with Crippen LogP contribution in [0, 0.1) is 0 Å². The molecule has 0 N–H and O–H groups in total. The lowest BCUT2D eigenvalue weighted by Crippen LogP contribution is -2.48. The minimum absolute atomic E-state index is 0.0768. The van der Waals surface area contributed by atoms with Crippen LogP contribution in [0.25, 0.3) is 0 Å². The van der Waals surface area contributed by atoms with E-state index >= 15 is 0 Å². The van der Waals surface area contributed by atoms with E-state index < -0.39 is 10.0 Å². The van der Waals surface area contributed by atoms with Crippen molar-refractivity contribution in [2.45, 2.75) is 18.4 Å². The van der Waals surface area contributed by atoms with E-state index in [1.807, 2.05) is 18.2 Å². The predicted octanol–water partition coefficient (Wildman–Crippen LogP) is 1.79. The predicted molar refractivity (Wildman–Crippen MR) is 94.7 cm³/mol. The number of sulfonamides is 1. The molecular formula is C18H21N3O3S. The lowest BCUT2D eigenvalue weighted by Gasteiger charge is -2.33. The molecule has 1 aromatic heterocycles. The van der Waals surface area contributed by atoms with E-state index in [1.165, 1.54) is 23.4 Å². The van der Waals surface area contributed by atoms with Gasteiger partial charge >= 0.3 is 0 Å². The number of hydrogen-bond acceptors (Lipinski definition) is 5. The highest BCUT2D eigenvalue weighted by molar-refractivity contribution is 7.89. The van der Waals surface area contributed by atoms with Gasteiger partial charge in [-0.05, 0) is 31.2 Å². The standard InChI is InChI=1S/C18H21N3O3S/c1-15(22)16-5-7-18(8-6-16)25(23,24)21-12-10-20(11-13-21)14-17-4-2-3-9-19-17/h2-9H,10-14H2,1H3. The summed E-state index contributed by atoms with van der Waals surface area (Å²) < 4.78 is 27.0. The Labute approximate surface area is 148 Å². The van der Waals surface area contributed by atoms with Crippen LogP contribution in [0.1, 0.15) is 23.0 Å². The minimum Gasteiger partial charge on any atom is -0.295 e. The summed E-state index contributed by atoms with van der Waals surface area (Å²) in [5.41, 5.74) is 1.50. The number of ketones is 1. The molecule has 1 aromatic carbocycles. The molecule has 6 nitrogen and oxygen atoms in total. The van der Waals surface area contributed by atoms with Crippen LogP contribution in [0.5, 0.6) is 0 Å². The van der Waals surface area contributed by atoms with Crippen molar-refractivity contribution in [2.75, 3.05) is 26.2 Å². The SMILES string of the molecule is CC(=O)c1ccc(S(=O)(=O)N2CCN(Cc3ccccn3)CC2)cc1. The second-order valence-electron chi connectivity index (χ2n) is 6.08. The largest absolute Gasteiger partial charge is 0.295 e. The summed E-state index contributed by atoms with van der Waals surface area (Å²) in [4.78, 5) is 18.1. The number of pyridine rings is 1. The number of rotatable bonds is 5. The Morgan fingerprint density at radius 2 is 1.72 bits per heavy atom. The van der Waals surface area contributed by atoms with Gasteiger partial charge in [0.05, 0.1) is 10.6 Å². The van der Waals surface area contributed by atoms with Crippen LogP contribution in [0.4, 0.5) is 0 Å².